The number of rotatable bonds is 8. The summed E-state index contributed by atoms with van der Waals surface area (Å²) in [7, 11) is 0. The summed E-state index contributed by atoms with van der Waals surface area (Å²) >= 11 is 0. The molecule has 1 unspecified atom stereocenters. The van der Waals surface area contributed by atoms with Crippen molar-refractivity contribution in [2.24, 2.45) is 5.73 Å². The van der Waals surface area contributed by atoms with Crippen LogP contribution in [0, 0.1) is 17.1 Å². The number of benzene rings is 2. The topological polar surface area (TPSA) is 119 Å². The van der Waals surface area contributed by atoms with E-state index >= 15 is 0 Å². The molecule has 1 atom stereocenters. The minimum absolute atomic E-state index is 0.0130. The summed E-state index contributed by atoms with van der Waals surface area (Å²) in [6, 6.07) is 13.8. The number of nitriles is 1. The van der Waals surface area contributed by atoms with Crippen LogP contribution in [-0.4, -0.2) is 61.2 Å². The van der Waals surface area contributed by atoms with E-state index in [4.69, 9.17) is 24.7 Å². The van der Waals surface area contributed by atoms with E-state index in [2.05, 4.69) is 21.2 Å². The Morgan fingerprint density at radius 2 is 1.95 bits per heavy atom. The zero-order valence-corrected chi connectivity index (χ0v) is 20.5. The van der Waals surface area contributed by atoms with Crippen LogP contribution in [0.2, 0.25) is 0 Å². The van der Waals surface area contributed by atoms with Crippen molar-refractivity contribution < 1.29 is 23.3 Å². The van der Waals surface area contributed by atoms with Crippen molar-refractivity contribution in [3.8, 4) is 34.7 Å². The second-order valence-corrected chi connectivity index (χ2v) is 8.69. The van der Waals surface area contributed by atoms with Gasteiger partial charge in [0.05, 0.1) is 37.0 Å². The molecular weight excluding hydrogens is 477 g/mol. The van der Waals surface area contributed by atoms with Gasteiger partial charge in [-0.15, -0.1) is 5.10 Å². The average Bonchev–Trinajstić information content (AvgIpc) is 3.33. The summed E-state index contributed by atoms with van der Waals surface area (Å²) in [5.74, 6) is 0.516. The molecule has 2 aliphatic rings. The third kappa shape index (κ3) is 5.09. The molecule has 192 valence electrons. The van der Waals surface area contributed by atoms with Crippen molar-refractivity contribution in [2.75, 3.05) is 46.1 Å². The Bertz CT molecular complexity index is 1330. The molecule has 0 spiro atoms. The predicted molar refractivity (Wildman–Crippen MR) is 134 cm³/mol. The number of hydrogen-bond donors (Lipinski definition) is 2. The van der Waals surface area contributed by atoms with E-state index in [-0.39, 0.29) is 23.2 Å². The van der Waals surface area contributed by atoms with Gasteiger partial charge in [-0.1, -0.05) is 6.07 Å². The average molecular weight is 506 g/mol. The SMILES string of the molecule is CCOc1cc(C2C(C#N)=C(N)Oc3n[nH]c(-c4ccc(F)cc4)c32)ccc1OCCN1CCOCC1. The fourth-order valence-corrected chi connectivity index (χ4v) is 4.62. The van der Waals surface area contributed by atoms with Gasteiger partial charge < -0.3 is 24.7 Å². The predicted octanol–water partition coefficient (Wildman–Crippen LogP) is 3.54. The number of morpholine rings is 1. The lowest BCUT2D eigenvalue weighted by molar-refractivity contribution is 0.0321. The maximum atomic E-state index is 13.6. The van der Waals surface area contributed by atoms with Crippen LogP contribution in [0.15, 0.2) is 53.9 Å². The van der Waals surface area contributed by atoms with Crippen LogP contribution >= 0.6 is 0 Å². The van der Waals surface area contributed by atoms with Gasteiger partial charge in [0.1, 0.15) is 24.1 Å². The highest BCUT2D eigenvalue weighted by Gasteiger charge is 2.36. The first-order valence-electron chi connectivity index (χ1n) is 12.2. The Hall–Kier alpha value is -4.07. The number of nitrogens with zero attached hydrogens (tertiary/aromatic N) is 3. The number of H-pyrrole nitrogens is 1. The standard InChI is InChI=1S/C27H28FN5O4/c1-2-35-22-15-18(5-8-21(22)36-14-11-33-9-12-34-13-10-33)23-20(16-29)26(30)37-27-24(23)25(31-32-27)17-3-6-19(28)7-4-17/h3-8,15,23H,2,9-14,30H2,1H3,(H,31,32). The number of aromatic amines is 1. The molecule has 5 rings (SSSR count). The van der Waals surface area contributed by atoms with E-state index in [0.29, 0.717) is 41.5 Å². The van der Waals surface area contributed by atoms with Crippen LogP contribution in [0.1, 0.15) is 24.0 Å². The molecule has 0 radical (unpaired) electrons. The van der Waals surface area contributed by atoms with Gasteiger partial charge in [-0.2, -0.15) is 5.26 Å². The lowest BCUT2D eigenvalue weighted by Gasteiger charge is -2.27. The summed E-state index contributed by atoms with van der Waals surface area (Å²) in [5, 5.41) is 17.2. The van der Waals surface area contributed by atoms with Crippen molar-refractivity contribution in [3.05, 3.63) is 70.9 Å². The van der Waals surface area contributed by atoms with Gasteiger partial charge in [0.2, 0.25) is 11.8 Å². The number of fused-ring (bicyclic) bond motifs is 1. The summed E-state index contributed by atoms with van der Waals surface area (Å²) in [5.41, 5.74) is 9.10. The van der Waals surface area contributed by atoms with Crippen molar-refractivity contribution >= 4 is 0 Å². The summed E-state index contributed by atoms with van der Waals surface area (Å²) in [4.78, 5) is 2.30. The molecular formula is C27H28FN5O4. The molecule has 10 heteroatoms. The van der Waals surface area contributed by atoms with E-state index < -0.39 is 5.92 Å². The second-order valence-electron chi connectivity index (χ2n) is 8.69. The quantitative estimate of drug-likeness (QED) is 0.477. The third-order valence-corrected chi connectivity index (χ3v) is 6.44. The van der Waals surface area contributed by atoms with Crippen LogP contribution in [0.3, 0.4) is 0 Å². The highest BCUT2D eigenvalue weighted by molar-refractivity contribution is 5.71. The monoisotopic (exact) mass is 505 g/mol. The Morgan fingerprint density at radius 3 is 2.68 bits per heavy atom. The summed E-state index contributed by atoms with van der Waals surface area (Å²) < 4.78 is 36.6. The van der Waals surface area contributed by atoms with Crippen LogP contribution in [0.25, 0.3) is 11.3 Å². The zero-order chi connectivity index (χ0) is 25.8. The highest BCUT2D eigenvalue weighted by atomic mass is 19.1. The van der Waals surface area contributed by atoms with Gasteiger partial charge in [0.25, 0.3) is 0 Å². The van der Waals surface area contributed by atoms with Crippen molar-refractivity contribution in [1.29, 1.82) is 5.26 Å². The number of nitrogens with two attached hydrogens (primary N) is 1. The van der Waals surface area contributed by atoms with Crippen LogP contribution in [0.4, 0.5) is 4.39 Å². The Labute approximate surface area is 214 Å². The molecule has 0 saturated carbocycles. The molecule has 1 aromatic heterocycles. The third-order valence-electron chi connectivity index (χ3n) is 6.44. The van der Waals surface area contributed by atoms with Gasteiger partial charge in [-0.05, 0) is 48.9 Å². The molecule has 9 nitrogen and oxygen atoms in total. The first-order chi connectivity index (χ1) is 18.1. The van der Waals surface area contributed by atoms with E-state index in [0.717, 1.165) is 38.4 Å². The number of halogens is 1. The fourth-order valence-electron chi connectivity index (χ4n) is 4.62. The van der Waals surface area contributed by atoms with Gasteiger partial charge >= 0.3 is 0 Å². The summed E-state index contributed by atoms with van der Waals surface area (Å²) in [6.07, 6.45) is 0. The Morgan fingerprint density at radius 1 is 1.16 bits per heavy atom. The molecule has 3 N–H and O–H groups in total. The van der Waals surface area contributed by atoms with Crippen LogP contribution in [0.5, 0.6) is 17.4 Å². The van der Waals surface area contributed by atoms with Crippen molar-refractivity contribution in [1.82, 2.24) is 15.1 Å². The molecule has 1 saturated heterocycles. The van der Waals surface area contributed by atoms with Gasteiger partial charge in [0, 0.05) is 25.2 Å². The molecule has 0 aliphatic carbocycles. The molecule has 0 amide bonds. The molecule has 3 aromatic rings. The molecule has 3 heterocycles. The number of nitrogens with one attached hydrogen (secondary N) is 1. The molecule has 0 bridgehead atoms. The number of allylic oxidation sites excluding steroid dienone is 1. The van der Waals surface area contributed by atoms with E-state index in [1.165, 1.54) is 12.1 Å². The Balaban J connectivity index is 1.48. The van der Waals surface area contributed by atoms with Crippen LogP contribution in [-0.2, 0) is 4.74 Å². The summed E-state index contributed by atoms with van der Waals surface area (Å²) in [6.45, 7) is 6.88. The number of ether oxygens (including phenoxy) is 4. The number of aromatic nitrogens is 2. The molecule has 2 aromatic carbocycles. The van der Waals surface area contributed by atoms with Gasteiger partial charge in [-0.25, -0.2) is 4.39 Å². The maximum absolute atomic E-state index is 13.6. The first kappa shape index (κ1) is 24.6. The smallest absolute Gasteiger partial charge is 0.244 e. The highest BCUT2D eigenvalue weighted by Crippen LogP contribution is 2.47. The van der Waals surface area contributed by atoms with Crippen LogP contribution < -0.4 is 19.9 Å². The molecule has 2 aliphatic heterocycles. The normalized spacial score (nSPS) is 17.6. The van der Waals surface area contributed by atoms with Crippen molar-refractivity contribution in [3.63, 3.8) is 0 Å². The lowest BCUT2D eigenvalue weighted by atomic mass is 9.83. The molecule has 1 fully saturated rings. The minimum Gasteiger partial charge on any atom is -0.490 e. The van der Waals surface area contributed by atoms with E-state index in [1.807, 2.05) is 25.1 Å². The van der Waals surface area contributed by atoms with Gasteiger partial charge in [0.15, 0.2) is 11.5 Å². The second kappa shape index (κ2) is 10.9. The fraction of sp³-hybridized carbons (Fsp3) is 0.333. The minimum atomic E-state index is -0.575. The van der Waals surface area contributed by atoms with E-state index in [9.17, 15) is 9.65 Å². The first-order valence-corrected chi connectivity index (χ1v) is 12.2. The van der Waals surface area contributed by atoms with Crippen molar-refractivity contribution in [2.45, 2.75) is 12.8 Å². The van der Waals surface area contributed by atoms with E-state index in [1.54, 1.807) is 12.1 Å². The van der Waals surface area contributed by atoms with Gasteiger partial charge in [-0.3, -0.25) is 10.00 Å². The lowest BCUT2D eigenvalue weighted by Crippen LogP contribution is -2.38. The largest absolute Gasteiger partial charge is 0.490 e. The molecule has 37 heavy (non-hydrogen) atoms. The Kier molecular flexibility index (Phi) is 7.25. The maximum Gasteiger partial charge on any atom is 0.244 e. The zero-order valence-electron chi connectivity index (χ0n) is 20.5. The number of hydrogen-bond acceptors (Lipinski definition) is 8.